The van der Waals surface area contributed by atoms with Gasteiger partial charge in [-0.3, -0.25) is 38.1 Å². The van der Waals surface area contributed by atoms with Crippen molar-refractivity contribution in [2.24, 2.45) is 88.3 Å². The molecule has 0 amide bonds. The minimum Gasteiger partial charge on any atom is -0.462 e. The first kappa shape index (κ1) is 120. The van der Waals surface area contributed by atoms with Crippen LogP contribution in [0.15, 0.2) is 190 Å². The second kappa shape index (κ2) is 52.7. The molecular weight excluding hydrogens is 2020 g/mol. The maximum atomic E-state index is 15.7. The molecule has 49 nitrogen and oxygen atoms in total. The summed E-state index contributed by atoms with van der Waals surface area (Å²) in [5, 5.41) is 54.6. The van der Waals surface area contributed by atoms with Crippen LogP contribution >= 0.6 is 19.3 Å². The number of carbonyl (C=O) groups excluding carboxylic acids is 7. The number of nitrogens with two attached hydrogens (primary N) is 6. The molecule has 10 heterocycles. The largest absolute Gasteiger partial charge is 0.462 e. The van der Waals surface area contributed by atoms with Crippen molar-refractivity contribution in [3.8, 4) is 5.75 Å². The van der Waals surface area contributed by atoms with Gasteiger partial charge in [0.2, 0.25) is 12.3 Å². The van der Waals surface area contributed by atoms with Crippen LogP contribution < -0.4 is 49.3 Å². The third kappa shape index (κ3) is 29.8. The third-order valence-electron chi connectivity index (χ3n) is 23.1. The van der Waals surface area contributed by atoms with Gasteiger partial charge in [0.15, 0.2) is 72.4 Å². The van der Waals surface area contributed by atoms with Gasteiger partial charge in [-0.05, 0) is 86.8 Å². The van der Waals surface area contributed by atoms with Gasteiger partial charge in [0, 0.05) is 60.2 Å². The van der Waals surface area contributed by atoms with Crippen molar-refractivity contribution in [2.75, 3.05) is 58.6 Å². The molecule has 1 aromatic carbocycles. The summed E-state index contributed by atoms with van der Waals surface area (Å²) in [5.74, 6) is -10.7. The highest BCUT2D eigenvalue weighted by Crippen LogP contribution is 2.52. The van der Waals surface area contributed by atoms with Gasteiger partial charge < -0.3 is 146 Å². The normalized spacial score (nSPS) is 30.4. The van der Waals surface area contributed by atoms with Gasteiger partial charge in [0.1, 0.15) is 120 Å². The van der Waals surface area contributed by atoms with Gasteiger partial charge in [-0.15, -0.1) is 11.6 Å². The fourth-order valence-corrected chi connectivity index (χ4v) is 16.6. The van der Waals surface area contributed by atoms with Crippen LogP contribution in [-0.2, 0) is 106 Å². The van der Waals surface area contributed by atoms with Gasteiger partial charge in [-0.2, -0.15) is 13.9 Å². The van der Waals surface area contributed by atoms with Crippen molar-refractivity contribution in [1.29, 1.82) is 0 Å². The van der Waals surface area contributed by atoms with Crippen molar-refractivity contribution >= 4 is 84.5 Å². The third-order valence-corrected chi connectivity index (χ3v) is 25.1. The molecule has 824 valence electrons. The van der Waals surface area contributed by atoms with Crippen LogP contribution in [0.4, 0.5) is 26.3 Å². The first-order valence-electron chi connectivity index (χ1n) is 47.2. The lowest BCUT2D eigenvalue weighted by Gasteiger charge is -2.38. The summed E-state index contributed by atoms with van der Waals surface area (Å²) in [6.07, 6.45) is -8.32. The highest BCUT2D eigenvalue weighted by Gasteiger charge is 2.71. The molecule has 22 atom stereocenters. The lowest BCUT2D eigenvalue weighted by atomic mass is 9.88. The van der Waals surface area contributed by atoms with Crippen molar-refractivity contribution in [1.82, 2.24) is 34.9 Å². The average molecular weight is 2160 g/mol. The van der Waals surface area contributed by atoms with Gasteiger partial charge in [0.25, 0.3) is 0 Å². The number of benzene rings is 1. The molecule has 5 fully saturated rings. The number of carbonyl (C=O) groups is 7. The number of alkyl halides is 7. The molecule has 10 aliphatic heterocycles. The number of azide groups is 2. The molecule has 0 radical (unpaired) electrons. The summed E-state index contributed by atoms with van der Waals surface area (Å²) >= 11 is 6.08. The number of nitrogens with zero attached hydrogens (tertiary/aromatic N) is 15. The van der Waals surface area contributed by atoms with Crippen molar-refractivity contribution < 1.29 is 154 Å². The highest BCUT2D eigenvalue weighted by atomic mass is 35.5. The number of aliphatic imine (C=N–C) groups is 4. The Morgan fingerprint density at radius 1 is 0.624 bits per heavy atom. The van der Waals surface area contributed by atoms with E-state index in [1.807, 2.05) is 0 Å². The SMILES string of the molecule is C=C1N=C(N)C=CN1[C@@H]1O[C@@](CO)(CN=[N+]=[N-])[C@@H](OC(=O)C(C)C)[C@H]1F.C=C1N=C(N)C=CN1[C@@H]1O[C@](CN=[N+]=[N-])(COC(=O)C(C)C)[C@@H](O)[C@H]1F.C=C1NC(N)C=CN1[C@@H]1O[C@](CF)(COP(=O)(NC(C)C(=O)OC(C)C)Oc2ccc(CN)cc2)[C@@H](O)[C@@]1(C)O.C=C[C@]1(COC(=O)CC)O[C@@H](N2C=CC(N)=NC2=C)C(F)(F)[C@@H]1OC(=O)CC.[2H]C([2H])(OC(=O)C(C)C)[C@@]1(CCl)O[C@@H](N2C=CC(N)=NC2=C)[C@H](F)[C@@H]1OC(=O)C(C)C. The fraction of sp³-hybridized carbons (Fsp3) is 0.576. The zero-order chi connectivity index (χ0) is 114. The molecule has 3 unspecified atom stereocenters. The van der Waals surface area contributed by atoms with Crippen LogP contribution in [0.3, 0.4) is 0 Å². The molecule has 0 spiro atoms. The summed E-state index contributed by atoms with van der Waals surface area (Å²) in [6.45, 7) is 35.9. The van der Waals surface area contributed by atoms with E-state index in [0.29, 0.717) is 0 Å². The van der Waals surface area contributed by atoms with E-state index in [-0.39, 0.29) is 77.6 Å². The standard InChI is InChI=1S/C25H39FN5O8P.C19H27ClFN3O5.C18H23F2N3O5.2C15H21FN6O4/c1-15(2)37-21(32)16(3)30-40(35,39-19-8-6-18(12-27)7-9-19)36-14-25(13-26)22(33)24(5,34)23(38-25)31-11-10-20(28)29-17(31)4;1-10(2)17(25)27-9-19(8-20)15(28-18(26)11(3)4)14(21)16(29-19)24-7-6-13(22)23-12(24)5;1-5-13(24)26-10-17(7-3)15(27-14(25)6-2)18(19,20)16(28-17)23-9-8-12(21)22-11(23)4;1-8(2)14(24)25-7-15(6-19-21-18)12(23)11(16)13(26-15)22-5-4-10(17)20-9(22)3;1-8(2)14(24)25-12-11(16)13(22-5-4-10(17)20-9(22)3)26-15(12,7-23)6-19-21-18/h6-11,15-16,20,22-23,29,33-34H,4,12-14,27-28H2,1-3,5H3,(H,30,35);6-7,10-11,14-16H,5,8-9H2,1-4H3,(H2,22,23);7-9,15-16H,3-6,10H2,1-2H3,(H2,21,22);2*4-5,8,11-13,23H,3,6-7H2,1-2H3,(H2,17,20)/t16?,20?,22-,23+,24+,25+,40?;14-,15+,16-,19-;15-,16-,17-;2*11-,12+,13-,15-/m01111/s1/i;9D2;;;. The van der Waals surface area contributed by atoms with Crippen molar-refractivity contribution in [3.05, 3.63) is 187 Å². The number of aliphatic hydroxyl groups excluding tert-OH is 3. The second-order valence-corrected chi connectivity index (χ2v) is 38.3. The molecule has 5 saturated heterocycles. The predicted octanol–water partition coefficient (Wildman–Crippen LogP) is 6.74. The molecule has 149 heavy (non-hydrogen) atoms. The van der Waals surface area contributed by atoms with E-state index in [1.165, 1.54) is 136 Å². The van der Waals surface area contributed by atoms with E-state index in [9.17, 15) is 67.3 Å². The maximum Gasteiger partial charge on any atom is 0.459 e. The Bertz CT molecular complexity index is 5570. The molecule has 1 aromatic rings. The molecule has 57 heteroatoms. The quantitative estimate of drug-likeness (QED) is 0.00375. The Morgan fingerprint density at radius 2 is 1.07 bits per heavy atom. The first-order chi connectivity index (χ1) is 70.5. The number of rotatable bonds is 38. The van der Waals surface area contributed by atoms with Crippen LogP contribution in [0, 0.1) is 23.7 Å². The lowest BCUT2D eigenvalue weighted by molar-refractivity contribution is -0.180. The van der Waals surface area contributed by atoms with Gasteiger partial charge in [-0.1, -0.05) is 137 Å². The Hall–Kier alpha value is -12.7. The van der Waals surface area contributed by atoms with Gasteiger partial charge >= 0.3 is 55.5 Å². The minimum absolute atomic E-state index is 0.0201. The van der Waals surface area contributed by atoms with E-state index in [4.69, 9.17) is 126 Å². The summed E-state index contributed by atoms with van der Waals surface area (Å²) < 4.78 is 197. The second-order valence-electron chi connectivity index (χ2n) is 36.3. The van der Waals surface area contributed by atoms with Gasteiger partial charge in [0.05, 0.1) is 70.9 Å². The highest BCUT2D eigenvalue weighted by molar-refractivity contribution is 7.52. The minimum atomic E-state index is -4.46. The summed E-state index contributed by atoms with van der Waals surface area (Å²) in [5.41, 5.74) is 39.7. The zero-order valence-corrected chi connectivity index (χ0v) is 85.9. The zero-order valence-electron chi connectivity index (χ0n) is 86.3. The maximum absolute atomic E-state index is 15.7. The number of esters is 7. The molecule has 0 bridgehead atoms. The van der Waals surface area contributed by atoms with Crippen molar-refractivity contribution in [3.63, 3.8) is 0 Å². The number of nitrogens with one attached hydrogen (secondary N) is 2. The van der Waals surface area contributed by atoms with E-state index in [2.05, 4.69) is 89.9 Å². The van der Waals surface area contributed by atoms with Gasteiger partial charge in [-0.25, -0.2) is 42.1 Å². The van der Waals surface area contributed by atoms with E-state index < -0.39 is 270 Å². The predicted molar refractivity (Wildman–Crippen MR) is 525 cm³/mol. The number of ether oxygens (including phenoxy) is 12. The lowest BCUT2D eigenvalue weighted by Crippen LogP contribution is -2.56. The average Bonchev–Trinajstić information content (AvgIpc) is 1.58. The number of hydrogen-bond acceptors (Lipinski definition) is 44. The van der Waals surface area contributed by atoms with Crippen LogP contribution in [0.5, 0.6) is 5.75 Å². The summed E-state index contributed by atoms with van der Waals surface area (Å²) in [4.78, 5) is 111. The number of aliphatic hydroxyl groups is 4. The fourth-order valence-electron chi connectivity index (χ4n) is 14.7. The summed E-state index contributed by atoms with van der Waals surface area (Å²) in [7, 11) is -4.46. The van der Waals surface area contributed by atoms with E-state index in [0.717, 1.165) is 16.5 Å². The Morgan fingerprint density at radius 3 is 1.50 bits per heavy atom. The molecule has 0 saturated carbocycles. The number of amidine groups is 4. The molecule has 18 N–H and O–H groups in total. The molecule has 11 rings (SSSR count). The Kier molecular flexibility index (Phi) is 42.4. The summed E-state index contributed by atoms with van der Waals surface area (Å²) in [6, 6.07) is 5.11. The Balaban J connectivity index is 0.000000258. The molecule has 0 aromatic heterocycles. The molecular formula is C92H131ClF6N23O26P. The first-order valence-corrected chi connectivity index (χ1v) is 48.3. The van der Waals surface area contributed by atoms with Crippen LogP contribution in [-0.4, -0.2) is 307 Å². The molecule has 0 aliphatic carbocycles. The monoisotopic (exact) mass is 2160 g/mol. The van der Waals surface area contributed by atoms with E-state index in [1.54, 1.807) is 66.7 Å². The smallest absolute Gasteiger partial charge is 0.459 e. The number of hydrogen-bond donors (Lipinski definition) is 12. The van der Waals surface area contributed by atoms with Crippen molar-refractivity contribution in [2.45, 2.75) is 254 Å². The number of halogens is 7. The molecule has 10 aliphatic rings. The van der Waals surface area contributed by atoms with Crippen LogP contribution in [0.2, 0.25) is 0 Å². The van der Waals surface area contributed by atoms with Crippen LogP contribution in [0.1, 0.15) is 118 Å². The van der Waals surface area contributed by atoms with Crippen LogP contribution in [0.25, 0.3) is 20.9 Å². The Labute approximate surface area is 863 Å². The van der Waals surface area contributed by atoms with E-state index >= 15 is 17.6 Å². The topological polar surface area (TPSA) is 690 Å².